The Kier molecular flexibility index (Phi) is 3.95. The van der Waals surface area contributed by atoms with Gasteiger partial charge in [-0.05, 0) is 31.9 Å². The number of sulfonamides is 1. The predicted octanol–water partition coefficient (Wildman–Crippen LogP) is -0.937. The molecule has 0 bridgehead atoms. The number of amides is 1. The molecule has 0 unspecified atom stereocenters. The van der Waals surface area contributed by atoms with Crippen molar-refractivity contribution in [1.82, 2.24) is 29.3 Å². The molecule has 2 aromatic heterocycles. The van der Waals surface area contributed by atoms with E-state index in [1.165, 1.54) is 16.7 Å². The number of carbonyl (C=O) groups is 1. The van der Waals surface area contributed by atoms with Crippen molar-refractivity contribution in [1.29, 1.82) is 0 Å². The van der Waals surface area contributed by atoms with E-state index in [9.17, 15) is 18.0 Å². The van der Waals surface area contributed by atoms with E-state index < -0.39 is 28.2 Å². The number of nitrogens with zero attached hydrogens (tertiary/aromatic N) is 5. The zero-order valence-electron chi connectivity index (χ0n) is 13.1. The zero-order valence-corrected chi connectivity index (χ0v) is 13.9. The fraction of sp³-hybridized carbons (Fsp3) is 0.462. The Balaban J connectivity index is 1.75. The summed E-state index contributed by atoms with van der Waals surface area (Å²) < 4.78 is 28.3. The van der Waals surface area contributed by atoms with Crippen LogP contribution in [0.4, 0.5) is 0 Å². The number of nitrogens with one attached hydrogen (secondary N) is 1. The molecule has 1 amide bonds. The second-order valence-electron chi connectivity index (χ2n) is 5.67. The molecule has 0 saturated heterocycles. The second kappa shape index (κ2) is 5.82. The SMILES string of the molecule is Cc1ccc(S(=O)(=O)NC(=O)Cn2nc(C3CC3)n(C)c2=O)nn1. The molecule has 0 aliphatic heterocycles. The van der Waals surface area contributed by atoms with E-state index in [0.717, 1.165) is 17.5 Å². The van der Waals surface area contributed by atoms with Gasteiger partial charge in [-0.15, -0.1) is 5.10 Å². The van der Waals surface area contributed by atoms with Crippen LogP contribution < -0.4 is 10.4 Å². The van der Waals surface area contributed by atoms with Gasteiger partial charge in [0.1, 0.15) is 12.4 Å². The molecule has 1 aliphatic rings. The highest BCUT2D eigenvalue weighted by atomic mass is 32.2. The van der Waals surface area contributed by atoms with E-state index in [1.807, 2.05) is 4.72 Å². The third-order valence-electron chi connectivity index (χ3n) is 3.61. The molecule has 0 atom stereocenters. The average Bonchev–Trinajstić information content (AvgIpc) is 3.30. The summed E-state index contributed by atoms with van der Waals surface area (Å²) in [6, 6.07) is 2.72. The molecule has 24 heavy (non-hydrogen) atoms. The summed E-state index contributed by atoms with van der Waals surface area (Å²) >= 11 is 0. The van der Waals surface area contributed by atoms with Crippen LogP contribution in [0.15, 0.2) is 22.0 Å². The van der Waals surface area contributed by atoms with Crippen LogP contribution in [0.1, 0.15) is 30.3 Å². The number of hydrogen-bond donors (Lipinski definition) is 1. The van der Waals surface area contributed by atoms with Crippen molar-refractivity contribution in [2.75, 3.05) is 0 Å². The van der Waals surface area contributed by atoms with Gasteiger partial charge < -0.3 is 0 Å². The standard InChI is InChI=1S/C13H16N6O4S/c1-8-3-6-11(15-14-8)24(22,23)17-10(20)7-19-13(21)18(2)12(16-19)9-4-5-9/h3,6,9H,4-5,7H2,1-2H3,(H,17,20). The van der Waals surface area contributed by atoms with Crippen LogP contribution in [0.2, 0.25) is 0 Å². The fourth-order valence-corrected chi connectivity index (χ4v) is 3.07. The first-order valence-corrected chi connectivity index (χ1v) is 8.76. The summed E-state index contributed by atoms with van der Waals surface area (Å²) in [6.45, 7) is 1.17. The minimum Gasteiger partial charge on any atom is -0.282 e. The molecule has 128 valence electrons. The van der Waals surface area contributed by atoms with Gasteiger partial charge in [0, 0.05) is 13.0 Å². The summed E-state index contributed by atoms with van der Waals surface area (Å²) in [6.07, 6.45) is 1.91. The van der Waals surface area contributed by atoms with E-state index >= 15 is 0 Å². The van der Waals surface area contributed by atoms with Crippen molar-refractivity contribution in [3.63, 3.8) is 0 Å². The molecule has 2 aromatic rings. The van der Waals surface area contributed by atoms with Gasteiger partial charge in [0.2, 0.25) is 0 Å². The summed E-state index contributed by atoms with van der Waals surface area (Å²) in [5.41, 5.74) is 0.0903. The number of carbonyl (C=O) groups excluding carboxylic acids is 1. The molecule has 2 heterocycles. The zero-order chi connectivity index (χ0) is 17.5. The molecule has 0 spiro atoms. The van der Waals surface area contributed by atoms with Crippen LogP contribution in [0, 0.1) is 6.92 Å². The maximum atomic E-state index is 12.1. The van der Waals surface area contributed by atoms with Gasteiger partial charge in [0.25, 0.3) is 15.9 Å². The van der Waals surface area contributed by atoms with Gasteiger partial charge in [0.05, 0.1) is 5.69 Å². The largest absolute Gasteiger partial charge is 0.346 e. The van der Waals surface area contributed by atoms with E-state index in [1.54, 1.807) is 14.0 Å². The third-order valence-corrected chi connectivity index (χ3v) is 4.87. The van der Waals surface area contributed by atoms with E-state index in [-0.39, 0.29) is 10.9 Å². The van der Waals surface area contributed by atoms with Crippen molar-refractivity contribution in [3.05, 3.63) is 34.1 Å². The Morgan fingerprint density at radius 2 is 2.04 bits per heavy atom. The lowest BCUT2D eigenvalue weighted by Gasteiger charge is -2.05. The van der Waals surface area contributed by atoms with Crippen molar-refractivity contribution < 1.29 is 13.2 Å². The van der Waals surface area contributed by atoms with Crippen LogP contribution in [-0.4, -0.2) is 38.9 Å². The van der Waals surface area contributed by atoms with Gasteiger partial charge >= 0.3 is 5.69 Å². The van der Waals surface area contributed by atoms with Crippen LogP contribution >= 0.6 is 0 Å². The summed E-state index contributed by atoms with van der Waals surface area (Å²) in [5.74, 6) is -0.0291. The molecule has 10 nitrogen and oxygen atoms in total. The van der Waals surface area contributed by atoms with Crippen molar-refractivity contribution in [3.8, 4) is 0 Å². The summed E-state index contributed by atoms with van der Waals surface area (Å²) in [4.78, 5) is 24.0. The molecular formula is C13H16N6O4S. The van der Waals surface area contributed by atoms with E-state index in [0.29, 0.717) is 11.5 Å². The monoisotopic (exact) mass is 352 g/mol. The van der Waals surface area contributed by atoms with Gasteiger partial charge in [0.15, 0.2) is 5.03 Å². The molecule has 3 rings (SSSR count). The molecule has 1 N–H and O–H groups in total. The smallest absolute Gasteiger partial charge is 0.282 e. The minimum absolute atomic E-state index is 0.235. The van der Waals surface area contributed by atoms with Gasteiger partial charge in [-0.3, -0.25) is 9.36 Å². The van der Waals surface area contributed by atoms with Crippen LogP contribution in [-0.2, 0) is 28.4 Å². The van der Waals surface area contributed by atoms with Crippen molar-refractivity contribution in [2.45, 2.75) is 37.3 Å². The first-order valence-electron chi connectivity index (χ1n) is 7.27. The number of aromatic nitrogens is 5. The number of rotatable bonds is 5. The summed E-state index contributed by atoms with van der Waals surface area (Å²) in [5, 5.41) is 10.9. The molecule has 11 heteroatoms. The van der Waals surface area contributed by atoms with Crippen LogP contribution in [0.3, 0.4) is 0 Å². The Morgan fingerprint density at radius 1 is 1.33 bits per heavy atom. The normalized spacial score (nSPS) is 14.6. The lowest BCUT2D eigenvalue weighted by molar-refractivity contribution is -0.120. The Hall–Kier alpha value is -2.56. The molecule has 0 radical (unpaired) electrons. The fourth-order valence-electron chi connectivity index (χ4n) is 2.21. The summed E-state index contributed by atoms with van der Waals surface area (Å²) in [7, 11) is -2.56. The van der Waals surface area contributed by atoms with Crippen molar-refractivity contribution >= 4 is 15.9 Å². The topological polar surface area (TPSA) is 129 Å². The Bertz CT molecular complexity index is 940. The first kappa shape index (κ1) is 16.3. The number of hydrogen-bond acceptors (Lipinski definition) is 7. The Morgan fingerprint density at radius 3 is 2.62 bits per heavy atom. The third kappa shape index (κ3) is 3.20. The maximum Gasteiger partial charge on any atom is 0.346 e. The second-order valence-corrected chi connectivity index (χ2v) is 7.30. The van der Waals surface area contributed by atoms with Crippen molar-refractivity contribution in [2.24, 2.45) is 7.05 Å². The van der Waals surface area contributed by atoms with E-state index in [4.69, 9.17) is 0 Å². The first-order chi connectivity index (χ1) is 11.3. The van der Waals surface area contributed by atoms with Crippen LogP contribution in [0.5, 0.6) is 0 Å². The van der Waals surface area contributed by atoms with Gasteiger partial charge in [-0.2, -0.15) is 18.6 Å². The highest BCUT2D eigenvalue weighted by molar-refractivity contribution is 7.90. The number of aryl methyl sites for hydroxylation is 1. The van der Waals surface area contributed by atoms with Crippen LogP contribution in [0.25, 0.3) is 0 Å². The van der Waals surface area contributed by atoms with Gasteiger partial charge in [-0.25, -0.2) is 14.2 Å². The molecule has 1 aliphatic carbocycles. The highest BCUT2D eigenvalue weighted by Gasteiger charge is 2.30. The molecule has 1 fully saturated rings. The predicted molar refractivity (Wildman–Crippen MR) is 81.5 cm³/mol. The lowest BCUT2D eigenvalue weighted by atomic mass is 10.4. The average molecular weight is 352 g/mol. The Labute approximate surface area is 137 Å². The van der Waals surface area contributed by atoms with E-state index in [2.05, 4.69) is 15.3 Å². The quantitative estimate of drug-likeness (QED) is 0.735. The highest BCUT2D eigenvalue weighted by Crippen LogP contribution is 2.38. The molecular weight excluding hydrogens is 336 g/mol. The van der Waals surface area contributed by atoms with Gasteiger partial charge in [-0.1, -0.05) is 0 Å². The minimum atomic E-state index is -4.14. The maximum absolute atomic E-state index is 12.1. The molecule has 1 saturated carbocycles. The molecule has 0 aromatic carbocycles. The lowest BCUT2D eigenvalue weighted by Crippen LogP contribution is -2.37.